The summed E-state index contributed by atoms with van der Waals surface area (Å²) in [7, 11) is 0. The van der Waals surface area contributed by atoms with Crippen LogP contribution in [0.2, 0.25) is 0 Å². The Balaban J connectivity index is 2.10. The highest BCUT2D eigenvalue weighted by Crippen LogP contribution is 2.25. The van der Waals surface area contributed by atoms with Gasteiger partial charge in [0.1, 0.15) is 5.82 Å². The van der Waals surface area contributed by atoms with E-state index in [2.05, 4.69) is 50.0 Å². The first-order valence-electron chi connectivity index (χ1n) is 7.52. The molecule has 0 bridgehead atoms. The van der Waals surface area contributed by atoms with Crippen LogP contribution in [0.25, 0.3) is 0 Å². The van der Waals surface area contributed by atoms with Crippen LogP contribution in [0, 0.1) is 18.8 Å². The number of aromatic nitrogens is 1. The van der Waals surface area contributed by atoms with Gasteiger partial charge in [-0.25, -0.2) is 4.98 Å². The summed E-state index contributed by atoms with van der Waals surface area (Å²) >= 11 is 0. The Morgan fingerprint density at radius 2 is 1.95 bits per heavy atom. The van der Waals surface area contributed by atoms with E-state index >= 15 is 0 Å². The number of nitrogens with zero attached hydrogens (tertiary/aromatic N) is 2. The summed E-state index contributed by atoms with van der Waals surface area (Å²) in [6.45, 7) is 13.1. The van der Waals surface area contributed by atoms with Crippen LogP contribution in [0.3, 0.4) is 0 Å². The molecule has 3 nitrogen and oxygen atoms in total. The molecule has 1 N–H and O–H groups in total. The number of pyridine rings is 1. The van der Waals surface area contributed by atoms with Crippen LogP contribution in [-0.4, -0.2) is 24.6 Å². The average molecular weight is 261 g/mol. The zero-order valence-corrected chi connectivity index (χ0v) is 12.7. The van der Waals surface area contributed by atoms with Crippen molar-refractivity contribution < 1.29 is 0 Å². The van der Waals surface area contributed by atoms with Crippen molar-refractivity contribution in [2.45, 2.75) is 40.7 Å². The quantitative estimate of drug-likeness (QED) is 0.903. The molecule has 0 aliphatic carbocycles. The van der Waals surface area contributed by atoms with E-state index in [0.29, 0.717) is 0 Å². The summed E-state index contributed by atoms with van der Waals surface area (Å²) in [5, 5.41) is 3.36. The third kappa shape index (κ3) is 3.69. The van der Waals surface area contributed by atoms with Crippen LogP contribution >= 0.6 is 0 Å². The predicted octanol–water partition coefficient (Wildman–Crippen LogP) is 2.98. The van der Waals surface area contributed by atoms with E-state index in [9.17, 15) is 0 Å². The van der Waals surface area contributed by atoms with E-state index in [1.807, 2.05) is 0 Å². The van der Waals surface area contributed by atoms with Crippen molar-refractivity contribution in [3.05, 3.63) is 23.4 Å². The predicted molar refractivity (Wildman–Crippen MR) is 81.5 cm³/mol. The highest BCUT2D eigenvalue weighted by Gasteiger charge is 2.22. The maximum absolute atomic E-state index is 4.80. The Labute approximate surface area is 117 Å². The zero-order valence-electron chi connectivity index (χ0n) is 12.7. The number of hydrogen-bond acceptors (Lipinski definition) is 3. The lowest BCUT2D eigenvalue weighted by Crippen LogP contribution is -2.39. The third-order valence-electron chi connectivity index (χ3n) is 3.94. The van der Waals surface area contributed by atoms with Crippen LogP contribution in [0.5, 0.6) is 0 Å². The minimum absolute atomic E-state index is 0.771. The van der Waals surface area contributed by atoms with E-state index in [4.69, 9.17) is 4.98 Å². The van der Waals surface area contributed by atoms with Gasteiger partial charge in [0.05, 0.1) is 0 Å². The van der Waals surface area contributed by atoms with E-state index in [-0.39, 0.29) is 0 Å². The lowest BCUT2D eigenvalue weighted by molar-refractivity contribution is 0.355. The fourth-order valence-electron chi connectivity index (χ4n) is 3.05. The molecule has 2 unspecified atom stereocenters. The molecule has 0 aromatic carbocycles. The van der Waals surface area contributed by atoms with Crippen molar-refractivity contribution in [2.24, 2.45) is 11.8 Å². The van der Waals surface area contributed by atoms with Gasteiger partial charge < -0.3 is 10.2 Å². The van der Waals surface area contributed by atoms with Gasteiger partial charge in [-0.1, -0.05) is 26.8 Å². The van der Waals surface area contributed by atoms with Crippen molar-refractivity contribution in [3.8, 4) is 0 Å². The Morgan fingerprint density at radius 1 is 1.26 bits per heavy atom. The molecule has 1 aliphatic heterocycles. The first-order valence-corrected chi connectivity index (χ1v) is 7.52. The Bertz CT molecular complexity index is 406. The Morgan fingerprint density at radius 3 is 2.53 bits per heavy atom. The van der Waals surface area contributed by atoms with Crippen molar-refractivity contribution >= 4 is 5.82 Å². The van der Waals surface area contributed by atoms with Gasteiger partial charge in [0.15, 0.2) is 0 Å². The van der Waals surface area contributed by atoms with Gasteiger partial charge in [-0.3, -0.25) is 0 Å². The minimum atomic E-state index is 0.771. The number of piperidine rings is 1. The highest BCUT2D eigenvalue weighted by atomic mass is 15.2. The molecule has 0 spiro atoms. The Hall–Kier alpha value is -1.09. The largest absolute Gasteiger partial charge is 0.356 e. The van der Waals surface area contributed by atoms with Gasteiger partial charge in [-0.15, -0.1) is 0 Å². The maximum atomic E-state index is 4.80. The molecule has 1 aliphatic rings. The SMILES string of the molecule is CCNCc1ccc(N2CC(C)CC(C)C2)nc1C. The van der Waals surface area contributed by atoms with E-state index in [1.54, 1.807) is 0 Å². The zero-order chi connectivity index (χ0) is 13.8. The molecule has 1 fully saturated rings. The molecule has 0 amide bonds. The summed E-state index contributed by atoms with van der Waals surface area (Å²) in [5.74, 6) is 2.69. The van der Waals surface area contributed by atoms with E-state index in [1.165, 1.54) is 12.0 Å². The van der Waals surface area contributed by atoms with Crippen LogP contribution in [0.1, 0.15) is 38.4 Å². The summed E-state index contributed by atoms with van der Waals surface area (Å²) in [5.41, 5.74) is 2.47. The third-order valence-corrected chi connectivity index (χ3v) is 3.94. The van der Waals surface area contributed by atoms with Gasteiger partial charge in [-0.05, 0) is 43.4 Å². The average Bonchev–Trinajstić information content (AvgIpc) is 2.36. The van der Waals surface area contributed by atoms with Crippen LogP contribution < -0.4 is 10.2 Å². The molecule has 0 radical (unpaired) electrons. The molecule has 1 aromatic heterocycles. The number of nitrogens with one attached hydrogen (secondary N) is 1. The second kappa shape index (κ2) is 6.38. The smallest absolute Gasteiger partial charge is 0.128 e. The summed E-state index contributed by atoms with van der Waals surface area (Å²) < 4.78 is 0. The topological polar surface area (TPSA) is 28.2 Å². The van der Waals surface area contributed by atoms with Gasteiger partial charge in [-0.2, -0.15) is 0 Å². The molecular weight excluding hydrogens is 234 g/mol. The number of anilines is 1. The molecule has 2 atom stereocenters. The number of aryl methyl sites for hydroxylation is 1. The second-order valence-electron chi connectivity index (χ2n) is 6.05. The normalized spacial score (nSPS) is 23.7. The molecule has 19 heavy (non-hydrogen) atoms. The molecule has 1 saturated heterocycles. The fourth-order valence-corrected chi connectivity index (χ4v) is 3.05. The monoisotopic (exact) mass is 261 g/mol. The first kappa shape index (κ1) is 14.3. The van der Waals surface area contributed by atoms with Crippen LogP contribution in [0.4, 0.5) is 5.82 Å². The highest BCUT2D eigenvalue weighted by molar-refractivity contribution is 5.42. The molecule has 2 rings (SSSR count). The second-order valence-corrected chi connectivity index (χ2v) is 6.05. The van der Waals surface area contributed by atoms with Gasteiger partial charge >= 0.3 is 0 Å². The molecule has 2 heterocycles. The van der Waals surface area contributed by atoms with Crippen LogP contribution in [0.15, 0.2) is 12.1 Å². The van der Waals surface area contributed by atoms with Crippen molar-refractivity contribution in [2.75, 3.05) is 24.5 Å². The first-order chi connectivity index (χ1) is 9.10. The number of hydrogen-bond donors (Lipinski definition) is 1. The molecule has 0 saturated carbocycles. The lowest BCUT2D eigenvalue weighted by atomic mass is 9.92. The van der Waals surface area contributed by atoms with Crippen molar-refractivity contribution in [3.63, 3.8) is 0 Å². The van der Waals surface area contributed by atoms with Gasteiger partial charge in [0.2, 0.25) is 0 Å². The van der Waals surface area contributed by atoms with Gasteiger partial charge in [0.25, 0.3) is 0 Å². The summed E-state index contributed by atoms with van der Waals surface area (Å²) in [4.78, 5) is 7.25. The molecule has 3 heteroatoms. The van der Waals surface area contributed by atoms with E-state index in [0.717, 1.165) is 49.5 Å². The molecule has 1 aromatic rings. The fraction of sp³-hybridized carbons (Fsp3) is 0.688. The van der Waals surface area contributed by atoms with Crippen LogP contribution in [-0.2, 0) is 6.54 Å². The maximum Gasteiger partial charge on any atom is 0.128 e. The van der Waals surface area contributed by atoms with E-state index < -0.39 is 0 Å². The Kier molecular flexibility index (Phi) is 4.81. The lowest BCUT2D eigenvalue weighted by Gasteiger charge is -2.36. The standard InChI is InChI=1S/C16H27N3/c1-5-17-9-15-6-7-16(18-14(15)4)19-10-12(2)8-13(3)11-19/h6-7,12-13,17H,5,8-11H2,1-4H3. The van der Waals surface area contributed by atoms with Crippen molar-refractivity contribution in [1.82, 2.24) is 10.3 Å². The minimum Gasteiger partial charge on any atom is -0.356 e. The summed E-state index contributed by atoms with van der Waals surface area (Å²) in [6, 6.07) is 4.41. The molecule has 106 valence electrons. The molecular formula is C16H27N3. The number of rotatable bonds is 4. The summed E-state index contributed by atoms with van der Waals surface area (Å²) in [6.07, 6.45) is 1.34. The van der Waals surface area contributed by atoms with Crippen molar-refractivity contribution in [1.29, 1.82) is 0 Å². The van der Waals surface area contributed by atoms with Gasteiger partial charge in [0, 0.05) is 25.3 Å².